The topological polar surface area (TPSA) is 56.3 Å². The van der Waals surface area contributed by atoms with Gasteiger partial charge in [0, 0.05) is 6.07 Å². The van der Waals surface area contributed by atoms with Gasteiger partial charge in [0.1, 0.15) is 11.3 Å². The maximum Gasteiger partial charge on any atom is 0.280 e. The van der Waals surface area contributed by atoms with E-state index in [0.29, 0.717) is 16.7 Å². The monoisotopic (exact) mass is 177 g/mol. The Kier molecular flexibility index (Phi) is 1.55. The number of nitro groups is 1. The Hall–Kier alpha value is -1.84. The summed E-state index contributed by atoms with van der Waals surface area (Å²) >= 11 is 0. The van der Waals surface area contributed by atoms with Crippen molar-refractivity contribution in [2.24, 2.45) is 0 Å². The molecule has 0 unspecified atom stereocenters. The van der Waals surface area contributed by atoms with Gasteiger partial charge in [-0.3, -0.25) is 10.1 Å². The number of fused-ring (bicyclic) bond motifs is 1. The molecule has 2 aromatic rings. The molecule has 0 saturated carbocycles. The van der Waals surface area contributed by atoms with Crippen molar-refractivity contribution < 1.29 is 9.34 Å². The van der Waals surface area contributed by atoms with Crippen molar-refractivity contribution in [3.8, 4) is 0 Å². The van der Waals surface area contributed by atoms with Gasteiger partial charge in [0.05, 0.1) is 10.3 Å². The van der Waals surface area contributed by atoms with Crippen LogP contribution in [0, 0.1) is 17.0 Å². The highest BCUT2D eigenvalue weighted by Gasteiger charge is 2.13. The summed E-state index contributed by atoms with van der Waals surface area (Å²) in [5.74, 6) is 0.685. The number of hydrogen-bond acceptors (Lipinski definition) is 3. The fraction of sp³-hybridized carbons (Fsp3) is 0.111. The largest absolute Gasteiger partial charge is 0.461 e. The van der Waals surface area contributed by atoms with E-state index in [9.17, 15) is 10.1 Å². The average molecular weight is 177 g/mol. The van der Waals surface area contributed by atoms with E-state index in [-0.39, 0.29) is 5.69 Å². The number of rotatable bonds is 1. The van der Waals surface area contributed by atoms with E-state index >= 15 is 0 Å². The van der Waals surface area contributed by atoms with Crippen LogP contribution in [0.3, 0.4) is 0 Å². The summed E-state index contributed by atoms with van der Waals surface area (Å²) in [5.41, 5.74) is 0.654. The predicted octanol–water partition coefficient (Wildman–Crippen LogP) is 2.65. The first kappa shape index (κ1) is 7.79. The first-order valence-corrected chi connectivity index (χ1v) is 3.82. The number of non-ortho nitro benzene ring substituents is 1. The third kappa shape index (κ3) is 1.16. The molecule has 4 nitrogen and oxygen atoms in total. The summed E-state index contributed by atoms with van der Waals surface area (Å²) < 4.78 is 5.25. The molecule has 0 aliphatic rings. The van der Waals surface area contributed by atoms with E-state index in [1.807, 2.05) is 0 Å². The Bertz CT molecular complexity index is 473. The molecule has 0 bridgehead atoms. The highest BCUT2D eigenvalue weighted by molar-refractivity contribution is 5.87. The number of nitrogens with zero attached hydrogens (tertiary/aromatic N) is 1. The zero-order valence-corrected chi connectivity index (χ0v) is 6.98. The van der Waals surface area contributed by atoms with Crippen molar-refractivity contribution in [3.05, 3.63) is 40.1 Å². The number of nitro benzene ring substituents is 1. The molecule has 0 saturated heterocycles. The summed E-state index contributed by atoms with van der Waals surface area (Å²) in [7, 11) is 0. The minimum absolute atomic E-state index is 0.0920. The van der Waals surface area contributed by atoms with E-state index in [1.54, 1.807) is 25.1 Å². The molecular weight excluding hydrogens is 170 g/mol. The summed E-state index contributed by atoms with van der Waals surface area (Å²) in [6.45, 7) is 1.77. The number of aryl methyl sites for hydroxylation is 1. The van der Waals surface area contributed by atoms with Gasteiger partial charge in [-0.15, -0.1) is 0 Å². The fourth-order valence-electron chi connectivity index (χ4n) is 1.33. The highest BCUT2D eigenvalue weighted by atomic mass is 16.6. The maximum absolute atomic E-state index is 10.6. The van der Waals surface area contributed by atoms with Crippen molar-refractivity contribution >= 4 is 16.7 Å². The second-order valence-corrected chi connectivity index (χ2v) is 2.80. The standard InChI is InChI=1S/C9H7NO3/c1-6-5-7-8(10(11)12)3-2-4-9(7)13-6/h2-5H,1H3. The molecule has 0 amide bonds. The van der Waals surface area contributed by atoms with Gasteiger partial charge in [-0.1, -0.05) is 6.07 Å². The SMILES string of the molecule is Cc1cc2c([N+](=O)[O-])cccc2o1. The van der Waals surface area contributed by atoms with Crippen LogP contribution in [0.15, 0.2) is 28.7 Å². The average Bonchev–Trinajstić information content (AvgIpc) is 2.43. The first-order valence-electron chi connectivity index (χ1n) is 3.82. The molecule has 0 radical (unpaired) electrons. The normalized spacial score (nSPS) is 10.5. The Morgan fingerprint density at radius 2 is 2.23 bits per heavy atom. The molecule has 0 atom stereocenters. The summed E-state index contributed by atoms with van der Waals surface area (Å²) in [5, 5.41) is 11.1. The molecular formula is C9H7NO3. The molecule has 1 aromatic heterocycles. The van der Waals surface area contributed by atoms with E-state index in [1.165, 1.54) is 6.07 Å². The van der Waals surface area contributed by atoms with Crippen LogP contribution in [-0.2, 0) is 0 Å². The van der Waals surface area contributed by atoms with Crippen LogP contribution in [0.5, 0.6) is 0 Å². The lowest BCUT2D eigenvalue weighted by Gasteiger charge is -1.90. The zero-order chi connectivity index (χ0) is 9.42. The molecule has 0 aliphatic carbocycles. The third-order valence-corrected chi connectivity index (χ3v) is 1.86. The van der Waals surface area contributed by atoms with Crippen molar-refractivity contribution in [1.29, 1.82) is 0 Å². The van der Waals surface area contributed by atoms with Gasteiger partial charge in [0.25, 0.3) is 5.69 Å². The molecule has 1 aromatic carbocycles. The number of hydrogen-bond donors (Lipinski definition) is 0. The van der Waals surface area contributed by atoms with E-state index in [0.717, 1.165) is 0 Å². The van der Waals surface area contributed by atoms with Gasteiger partial charge in [-0.2, -0.15) is 0 Å². The molecule has 66 valence electrons. The van der Waals surface area contributed by atoms with E-state index in [4.69, 9.17) is 4.42 Å². The highest BCUT2D eigenvalue weighted by Crippen LogP contribution is 2.27. The minimum atomic E-state index is -0.405. The molecule has 2 rings (SSSR count). The van der Waals surface area contributed by atoms with E-state index < -0.39 is 4.92 Å². The number of benzene rings is 1. The molecule has 0 fully saturated rings. The van der Waals surface area contributed by atoms with Crippen LogP contribution >= 0.6 is 0 Å². The van der Waals surface area contributed by atoms with Crippen molar-refractivity contribution in [3.63, 3.8) is 0 Å². The second kappa shape index (κ2) is 2.58. The van der Waals surface area contributed by atoms with Crippen molar-refractivity contribution in [2.75, 3.05) is 0 Å². The first-order chi connectivity index (χ1) is 6.18. The smallest absolute Gasteiger partial charge is 0.280 e. The Morgan fingerprint density at radius 1 is 1.46 bits per heavy atom. The Morgan fingerprint density at radius 3 is 2.92 bits per heavy atom. The van der Waals surface area contributed by atoms with Crippen LogP contribution in [0.4, 0.5) is 5.69 Å². The van der Waals surface area contributed by atoms with Crippen LogP contribution in [0.25, 0.3) is 11.0 Å². The van der Waals surface area contributed by atoms with Crippen LogP contribution < -0.4 is 0 Å². The second-order valence-electron chi connectivity index (χ2n) is 2.80. The van der Waals surface area contributed by atoms with Gasteiger partial charge in [-0.25, -0.2) is 0 Å². The lowest BCUT2D eigenvalue weighted by atomic mass is 10.2. The van der Waals surface area contributed by atoms with Crippen molar-refractivity contribution in [1.82, 2.24) is 0 Å². The van der Waals surface area contributed by atoms with Crippen molar-refractivity contribution in [2.45, 2.75) is 6.92 Å². The predicted molar refractivity (Wildman–Crippen MR) is 47.6 cm³/mol. The lowest BCUT2D eigenvalue weighted by molar-refractivity contribution is -0.383. The molecule has 4 heteroatoms. The third-order valence-electron chi connectivity index (χ3n) is 1.86. The minimum Gasteiger partial charge on any atom is -0.461 e. The molecule has 13 heavy (non-hydrogen) atoms. The molecule has 0 aliphatic heterocycles. The summed E-state index contributed by atoms with van der Waals surface area (Å²) in [6.07, 6.45) is 0. The van der Waals surface area contributed by atoms with Crippen LogP contribution in [0.1, 0.15) is 5.76 Å². The van der Waals surface area contributed by atoms with Gasteiger partial charge in [0.2, 0.25) is 0 Å². The van der Waals surface area contributed by atoms with Crippen LogP contribution in [0.2, 0.25) is 0 Å². The summed E-state index contributed by atoms with van der Waals surface area (Å²) in [4.78, 5) is 10.2. The summed E-state index contributed by atoms with van der Waals surface area (Å²) in [6, 6.07) is 6.48. The Labute approximate surface area is 73.9 Å². The lowest BCUT2D eigenvalue weighted by Crippen LogP contribution is -1.86. The van der Waals surface area contributed by atoms with Gasteiger partial charge < -0.3 is 4.42 Å². The quantitative estimate of drug-likeness (QED) is 0.497. The maximum atomic E-state index is 10.6. The fourth-order valence-corrected chi connectivity index (χ4v) is 1.33. The zero-order valence-electron chi connectivity index (χ0n) is 6.98. The van der Waals surface area contributed by atoms with Gasteiger partial charge in [0.15, 0.2) is 0 Å². The molecule has 0 spiro atoms. The molecule has 0 N–H and O–H groups in total. The van der Waals surface area contributed by atoms with Gasteiger partial charge in [-0.05, 0) is 19.1 Å². The number of furan rings is 1. The Balaban J connectivity index is 2.82. The van der Waals surface area contributed by atoms with Crippen LogP contribution in [-0.4, -0.2) is 4.92 Å². The van der Waals surface area contributed by atoms with E-state index in [2.05, 4.69) is 0 Å². The van der Waals surface area contributed by atoms with Gasteiger partial charge >= 0.3 is 0 Å². The molecule has 1 heterocycles.